The van der Waals surface area contributed by atoms with Gasteiger partial charge in [0.1, 0.15) is 0 Å². The maximum atomic E-state index is 11.6. The van der Waals surface area contributed by atoms with Crippen molar-refractivity contribution >= 4 is 11.9 Å². The van der Waals surface area contributed by atoms with Crippen molar-refractivity contribution in [2.75, 3.05) is 26.2 Å². The molecule has 2 rings (SSSR count). The van der Waals surface area contributed by atoms with Gasteiger partial charge in [0.15, 0.2) is 0 Å². The zero-order valence-corrected chi connectivity index (χ0v) is 8.69. The van der Waals surface area contributed by atoms with E-state index in [1.807, 2.05) is 0 Å². The van der Waals surface area contributed by atoms with Crippen molar-refractivity contribution < 1.29 is 14.7 Å². The standard InChI is InChI=1S/C10H16N2O3/c13-9-7-12(8-1-2-8)6-5-11(9)4-3-10(14)15/h8H,1-7H2,(H,14,15). The van der Waals surface area contributed by atoms with Crippen LogP contribution in [0.2, 0.25) is 0 Å². The molecule has 2 fully saturated rings. The third-order valence-electron chi connectivity index (χ3n) is 3.01. The van der Waals surface area contributed by atoms with Gasteiger partial charge in [0.2, 0.25) is 5.91 Å². The van der Waals surface area contributed by atoms with E-state index in [1.165, 1.54) is 12.8 Å². The van der Waals surface area contributed by atoms with Gasteiger partial charge in [0.05, 0.1) is 13.0 Å². The Morgan fingerprint density at radius 2 is 2.13 bits per heavy atom. The zero-order valence-electron chi connectivity index (χ0n) is 8.69. The highest BCUT2D eigenvalue weighted by molar-refractivity contribution is 5.79. The fourth-order valence-corrected chi connectivity index (χ4v) is 1.95. The minimum atomic E-state index is -0.840. The van der Waals surface area contributed by atoms with E-state index in [0.29, 0.717) is 25.7 Å². The van der Waals surface area contributed by atoms with Crippen molar-refractivity contribution in [1.29, 1.82) is 0 Å². The van der Waals surface area contributed by atoms with Crippen LogP contribution in [-0.4, -0.2) is 59.0 Å². The Morgan fingerprint density at radius 3 is 2.67 bits per heavy atom. The second kappa shape index (κ2) is 4.18. The first-order chi connectivity index (χ1) is 7.16. The van der Waals surface area contributed by atoms with Gasteiger partial charge in [-0.15, -0.1) is 0 Å². The van der Waals surface area contributed by atoms with Crippen LogP contribution in [0.5, 0.6) is 0 Å². The maximum absolute atomic E-state index is 11.6. The Labute approximate surface area is 88.6 Å². The maximum Gasteiger partial charge on any atom is 0.305 e. The zero-order chi connectivity index (χ0) is 10.8. The summed E-state index contributed by atoms with van der Waals surface area (Å²) in [6.07, 6.45) is 2.47. The first kappa shape index (κ1) is 10.4. The topological polar surface area (TPSA) is 60.9 Å². The van der Waals surface area contributed by atoms with Crippen molar-refractivity contribution in [2.45, 2.75) is 25.3 Å². The number of amides is 1. The van der Waals surface area contributed by atoms with Crippen LogP contribution in [0, 0.1) is 0 Å². The molecule has 1 amide bonds. The summed E-state index contributed by atoms with van der Waals surface area (Å²) >= 11 is 0. The molecular weight excluding hydrogens is 196 g/mol. The van der Waals surface area contributed by atoms with Gasteiger partial charge in [0.25, 0.3) is 0 Å². The van der Waals surface area contributed by atoms with Crippen LogP contribution in [0.25, 0.3) is 0 Å². The van der Waals surface area contributed by atoms with Crippen LogP contribution >= 0.6 is 0 Å². The number of rotatable bonds is 4. The van der Waals surface area contributed by atoms with Gasteiger partial charge >= 0.3 is 5.97 Å². The summed E-state index contributed by atoms with van der Waals surface area (Å²) in [6.45, 7) is 2.41. The van der Waals surface area contributed by atoms with Crippen LogP contribution in [0.4, 0.5) is 0 Å². The number of hydrogen-bond donors (Lipinski definition) is 1. The van der Waals surface area contributed by atoms with Crippen LogP contribution in [0.3, 0.4) is 0 Å². The SMILES string of the molecule is O=C(O)CCN1CCN(C2CC2)CC1=O. The highest BCUT2D eigenvalue weighted by Gasteiger charge is 2.34. The molecule has 0 atom stereocenters. The lowest BCUT2D eigenvalue weighted by Gasteiger charge is -2.34. The van der Waals surface area contributed by atoms with Crippen molar-refractivity contribution in [3.05, 3.63) is 0 Å². The van der Waals surface area contributed by atoms with E-state index < -0.39 is 5.97 Å². The average molecular weight is 212 g/mol. The average Bonchev–Trinajstić information content (AvgIpc) is 2.98. The molecule has 0 bridgehead atoms. The molecule has 0 spiro atoms. The van der Waals surface area contributed by atoms with E-state index in [-0.39, 0.29) is 12.3 Å². The molecule has 0 aromatic heterocycles. The molecule has 1 aliphatic carbocycles. The van der Waals surface area contributed by atoms with Gasteiger partial charge in [-0.3, -0.25) is 14.5 Å². The Morgan fingerprint density at radius 1 is 1.40 bits per heavy atom. The van der Waals surface area contributed by atoms with Gasteiger partial charge in [-0.25, -0.2) is 0 Å². The van der Waals surface area contributed by atoms with Crippen LogP contribution in [-0.2, 0) is 9.59 Å². The smallest absolute Gasteiger partial charge is 0.305 e. The predicted octanol–water partition coefficient (Wildman–Crippen LogP) is -0.232. The lowest BCUT2D eigenvalue weighted by atomic mass is 10.2. The van der Waals surface area contributed by atoms with E-state index in [2.05, 4.69) is 4.90 Å². The van der Waals surface area contributed by atoms with Gasteiger partial charge < -0.3 is 10.0 Å². The lowest BCUT2D eigenvalue weighted by molar-refractivity contribution is -0.140. The number of carboxylic acid groups (broad SMARTS) is 1. The van der Waals surface area contributed by atoms with Crippen molar-refractivity contribution in [1.82, 2.24) is 9.80 Å². The molecule has 0 radical (unpaired) electrons. The van der Waals surface area contributed by atoms with Crippen LogP contribution < -0.4 is 0 Å². The normalized spacial score (nSPS) is 23.2. The second-order valence-electron chi connectivity index (χ2n) is 4.23. The number of aliphatic carboxylic acids is 1. The molecule has 2 aliphatic rings. The van der Waals surface area contributed by atoms with Crippen molar-refractivity contribution in [2.24, 2.45) is 0 Å². The number of carbonyl (C=O) groups is 2. The van der Waals surface area contributed by atoms with Crippen molar-refractivity contribution in [3.8, 4) is 0 Å². The molecule has 0 aromatic rings. The number of piperazine rings is 1. The fourth-order valence-electron chi connectivity index (χ4n) is 1.95. The predicted molar refractivity (Wildman–Crippen MR) is 53.4 cm³/mol. The third kappa shape index (κ3) is 2.68. The van der Waals surface area contributed by atoms with E-state index in [1.54, 1.807) is 4.90 Å². The lowest BCUT2D eigenvalue weighted by Crippen LogP contribution is -2.51. The molecule has 5 heteroatoms. The number of nitrogens with zero attached hydrogens (tertiary/aromatic N) is 2. The Balaban J connectivity index is 1.78. The molecule has 0 aromatic carbocycles. The van der Waals surface area contributed by atoms with Crippen LogP contribution in [0.15, 0.2) is 0 Å². The quantitative estimate of drug-likeness (QED) is 0.699. The molecule has 1 saturated heterocycles. The van der Waals surface area contributed by atoms with E-state index in [9.17, 15) is 9.59 Å². The molecule has 1 N–H and O–H groups in total. The molecule has 1 saturated carbocycles. The van der Waals surface area contributed by atoms with Gasteiger partial charge in [-0.05, 0) is 12.8 Å². The van der Waals surface area contributed by atoms with Gasteiger partial charge in [-0.1, -0.05) is 0 Å². The van der Waals surface area contributed by atoms with E-state index >= 15 is 0 Å². The monoisotopic (exact) mass is 212 g/mol. The van der Waals surface area contributed by atoms with Crippen molar-refractivity contribution in [3.63, 3.8) is 0 Å². The molecule has 1 heterocycles. The Bertz CT molecular complexity index is 276. The number of carboxylic acids is 1. The Hall–Kier alpha value is -1.10. The summed E-state index contributed by atoms with van der Waals surface area (Å²) in [5.41, 5.74) is 0. The molecule has 15 heavy (non-hydrogen) atoms. The van der Waals surface area contributed by atoms with Crippen LogP contribution in [0.1, 0.15) is 19.3 Å². The summed E-state index contributed by atoms with van der Waals surface area (Å²) < 4.78 is 0. The summed E-state index contributed by atoms with van der Waals surface area (Å²) in [5, 5.41) is 8.53. The summed E-state index contributed by atoms with van der Waals surface area (Å²) in [6, 6.07) is 0.621. The minimum Gasteiger partial charge on any atom is -0.481 e. The van der Waals surface area contributed by atoms with Gasteiger partial charge in [-0.2, -0.15) is 0 Å². The molecular formula is C10H16N2O3. The fraction of sp³-hybridized carbons (Fsp3) is 0.800. The first-order valence-corrected chi connectivity index (χ1v) is 5.40. The molecule has 0 unspecified atom stereocenters. The number of hydrogen-bond acceptors (Lipinski definition) is 3. The highest BCUT2D eigenvalue weighted by Crippen LogP contribution is 2.27. The second-order valence-corrected chi connectivity index (χ2v) is 4.23. The third-order valence-corrected chi connectivity index (χ3v) is 3.01. The summed E-state index contributed by atoms with van der Waals surface area (Å²) in [5.74, 6) is -0.762. The van der Waals surface area contributed by atoms with E-state index in [0.717, 1.165) is 6.54 Å². The molecule has 5 nitrogen and oxygen atoms in total. The summed E-state index contributed by atoms with van der Waals surface area (Å²) in [7, 11) is 0. The van der Waals surface area contributed by atoms with E-state index in [4.69, 9.17) is 5.11 Å². The number of carbonyl (C=O) groups excluding carboxylic acids is 1. The summed E-state index contributed by atoms with van der Waals surface area (Å²) in [4.78, 5) is 25.9. The highest BCUT2D eigenvalue weighted by atomic mass is 16.4. The molecule has 84 valence electrons. The molecule has 1 aliphatic heterocycles. The van der Waals surface area contributed by atoms with Gasteiger partial charge in [0, 0.05) is 25.7 Å². The first-order valence-electron chi connectivity index (χ1n) is 5.40. The largest absolute Gasteiger partial charge is 0.481 e. The Kier molecular flexibility index (Phi) is 2.90. The minimum absolute atomic E-state index is 0.0508.